The summed E-state index contributed by atoms with van der Waals surface area (Å²) in [6.07, 6.45) is 5.26. The SMILES string of the molecule is CC.CC.CN(CCCCc1nc2cc(Cl)c(Cl)cc2[nH]1)S(C)(=O)=O.O[C@@H]1CCC[C@@H]1O. The number of hydrogen-bond acceptors (Lipinski definition) is 5. The molecule has 1 aromatic carbocycles. The van der Waals surface area contributed by atoms with Crippen LogP contribution >= 0.6 is 23.2 Å². The number of nitrogens with zero attached hydrogens (tertiary/aromatic N) is 2. The van der Waals surface area contributed by atoms with Gasteiger partial charge in [0.1, 0.15) is 5.82 Å². The third-order valence-electron chi connectivity index (χ3n) is 4.72. The Kier molecular flexibility index (Phi) is 15.4. The van der Waals surface area contributed by atoms with Crippen LogP contribution in [0.1, 0.15) is 65.6 Å². The largest absolute Gasteiger partial charge is 0.390 e. The van der Waals surface area contributed by atoms with Crippen LogP contribution in [0.3, 0.4) is 0 Å². The van der Waals surface area contributed by atoms with E-state index in [2.05, 4.69) is 9.97 Å². The zero-order valence-corrected chi connectivity index (χ0v) is 22.4. The van der Waals surface area contributed by atoms with Gasteiger partial charge in [0.05, 0.1) is 39.5 Å². The molecule has 0 aliphatic heterocycles. The molecular formula is C22H39Cl2N3O4S. The first-order valence-electron chi connectivity index (χ1n) is 11.2. The molecule has 0 bridgehead atoms. The lowest BCUT2D eigenvalue weighted by Gasteiger charge is -2.12. The third kappa shape index (κ3) is 10.8. The van der Waals surface area contributed by atoms with Gasteiger partial charge >= 0.3 is 0 Å². The number of rotatable bonds is 6. The maximum absolute atomic E-state index is 11.3. The Labute approximate surface area is 203 Å². The van der Waals surface area contributed by atoms with E-state index < -0.39 is 22.2 Å². The summed E-state index contributed by atoms with van der Waals surface area (Å²) in [5.74, 6) is 0.852. The van der Waals surface area contributed by atoms with Crippen LogP contribution in [0.15, 0.2) is 12.1 Å². The van der Waals surface area contributed by atoms with Crippen molar-refractivity contribution in [3.05, 3.63) is 28.0 Å². The van der Waals surface area contributed by atoms with Gasteiger partial charge in [-0.25, -0.2) is 17.7 Å². The highest BCUT2D eigenvalue weighted by atomic mass is 35.5. The molecule has 3 rings (SSSR count). The van der Waals surface area contributed by atoms with Gasteiger partial charge in [-0.1, -0.05) is 50.9 Å². The molecule has 1 heterocycles. The Hall–Kier alpha value is -0.900. The normalized spacial score (nSPS) is 17.7. The number of aromatic amines is 1. The number of fused-ring (bicyclic) bond motifs is 1. The topological polar surface area (TPSA) is 107 Å². The van der Waals surface area contributed by atoms with E-state index >= 15 is 0 Å². The molecule has 7 nitrogen and oxygen atoms in total. The van der Waals surface area contributed by atoms with E-state index in [0.717, 1.165) is 55.4 Å². The number of sulfonamides is 1. The summed E-state index contributed by atoms with van der Waals surface area (Å²) in [6, 6.07) is 3.49. The minimum atomic E-state index is -3.10. The van der Waals surface area contributed by atoms with E-state index in [1.54, 1.807) is 19.2 Å². The average molecular weight is 513 g/mol. The van der Waals surface area contributed by atoms with E-state index in [0.29, 0.717) is 16.6 Å². The third-order valence-corrected chi connectivity index (χ3v) is 6.76. The zero-order valence-electron chi connectivity index (χ0n) is 20.0. The number of aryl methyl sites for hydroxylation is 1. The molecule has 1 fully saturated rings. The van der Waals surface area contributed by atoms with Crippen LogP contribution in [-0.4, -0.2) is 65.0 Å². The molecule has 3 N–H and O–H groups in total. The van der Waals surface area contributed by atoms with Gasteiger partial charge < -0.3 is 15.2 Å². The van der Waals surface area contributed by atoms with E-state index in [4.69, 9.17) is 33.4 Å². The minimum absolute atomic E-state index is 0.431. The van der Waals surface area contributed by atoms with Gasteiger partial charge in [0.25, 0.3) is 0 Å². The Morgan fingerprint density at radius 3 is 2.06 bits per heavy atom. The summed E-state index contributed by atoms with van der Waals surface area (Å²) in [6.45, 7) is 8.51. The van der Waals surface area contributed by atoms with Crippen molar-refractivity contribution >= 4 is 44.3 Å². The molecule has 0 radical (unpaired) electrons. The van der Waals surface area contributed by atoms with Gasteiger partial charge in [0, 0.05) is 20.0 Å². The number of imidazole rings is 1. The Bertz CT molecular complexity index is 844. The predicted octanol–water partition coefficient (Wildman–Crippen LogP) is 5.03. The molecule has 1 aliphatic rings. The van der Waals surface area contributed by atoms with Crippen LogP contribution in [0.5, 0.6) is 0 Å². The fourth-order valence-electron chi connectivity index (χ4n) is 2.89. The quantitative estimate of drug-likeness (QED) is 0.471. The van der Waals surface area contributed by atoms with Crippen LogP contribution < -0.4 is 0 Å². The summed E-state index contributed by atoms with van der Waals surface area (Å²) >= 11 is 11.9. The van der Waals surface area contributed by atoms with Crippen LogP contribution in [-0.2, 0) is 16.4 Å². The average Bonchev–Trinajstić information content (AvgIpc) is 3.33. The number of aliphatic hydroxyl groups excluding tert-OH is 2. The molecule has 186 valence electrons. The maximum atomic E-state index is 11.3. The first-order valence-corrected chi connectivity index (χ1v) is 13.8. The summed E-state index contributed by atoms with van der Waals surface area (Å²) in [4.78, 5) is 7.65. The molecule has 1 aliphatic carbocycles. The van der Waals surface area contributed by atoms with Crippen LogP contribution in [0.25, 0.3) is 11.0 Å². The summed E-state index contributed by atoms with van der Waals surface area (Å²) in [5.41, 5.74) is 1.64. The first-order chi connectivity index (χ1) is 15.1. The molecule has 0 unspecified atom stereocenters. The Morgan fingerprint density at radius 2 is 1.59 bits per heavy atom. The molecule has 2 atom stereocenters. The van der Waals surface area contributed by atoms with Crippen LogP contribution in [0.4, 0.5) is 0 Å². The van der Waals surface area contributed by atoms with Crippen molar-refractivity contribution in [2.24, 2.45) is 0 Å². The van der Waals surface area contributed by atoms with Gasteiger partial charge in [0.2, 0.25) is 10.0 Å². The second kappa shape index (κ2) is 15.9. The summed E-state index contributed by atoms with van der Waals surface area (Å²) in [7, 11) is -1.51. The van der Waals surface area contributed by atoms with E-state index in [1.165, 1.54) is 10.6 Å². The Balaban J connectivity index is 0.000000727. The van der Waals surface area contributed by atoms with Crippen molar-refractivity contribution < 1.29 is 18.6 Å². The van der Waals surface area contributed by atoms with Gasteiger partial charge in [-0.2, -0.15) is 0 Å². The van der Waals surface area contributed by atoms with Crippen molar-refractivity contribution in [2.75, 3.05) is 19.8 Å². The standard InChI is InChI=1S/C13H17Cl2N3O2S.C5H10O2.2C2H6/c1-18(21(2,19)20)6-4-3-5-13-16-11-7-9(14)10(15)8-12(11)17-13;6-4-2-1-3-5(4)7;2*1-2/h7-8H,3-6H2,1-2H3,(H,16,17);4-7H,1-3H2;2*1-2H3/t;4-,5+;;. The molecule has 32 heavy (non-hydrogen) atoms. The molecule has 0 spiro atoms. The van der Waals surface area contributed by atoms with Gasteiger partial charge in [0.15, 0.2) is 0 Å². The lowest BCUT2D eigenvalue weighted by atomic mass is 10.2. The molecule has 0 saturated heterocycles. The predicted molar refractivity (Wildman–Crippen MR) is 135 cm³/mol. The fourth-order valence-corrected chi connectivity index (χ4v) is 3.67. The molecule has 1 saturated carbocycles. The van der Waals surface area contributed by atoms with Crippen molar-refractivity contribution in [2.45, 2.75) is 78.4 Å². The molecule has 0 amide bonds. The highest BCUT2D eigenvalue weighted by Gasteiger charge is 2.21. The van der Waals surface area contributed by atoms with Crippen molar-refractivity contribution in [1.29, 1.82) is 0 Å². The lowest BCUT2D eigenvalue weighted by molar-refractivity contribution is 0.0438. The number of unbranched alkanes of at least 4 members (excludes halogenated alkanes) is 1. The number of aliphatic hydroxyl groups is 2. The van der Waals surface area contributed by atoms with Crippen molar-refractivity contribution in [3.8, 4) is 0 Å². The second-order valence-electron chi connectivity index (χ2n) is 7.07. The number of nitrogens with one attached hydrogen (secondary N) is 1. The van der Waals surface area contributed by atoms with Gasteiger partial charge in [-0.15, -0.1) is 0 Å². The van der Waals surface area contributed by atoms with Crippen molar-refractivity contribution in [3.63, 3.8) is 0 Å². The molecular weight excluding hydrogens is 473 g/mol. The smallest absolute Gasteiger partial charge is 0.210 e. The number of halogens is 2. The van der Waals surface area contributed by atoms with Crippen molar-refractivity contribution in [1.82, 2.24) is 14.3 Å². The number of aromatic nitrogens is 2. The van der Waals surface area contributed by atoms with E-state index in [-0.39, 0.29) is 0 Å². The summed E-state index contributed by atoms with van der Waals surface area (Å²) < 4.78 is 23.9. The monoisotopic (exact) mass is 511 g/mol. The summed E-state index contributed by atoms with van der Waals surface area (Å²) in [5, 5.41) is 18.5. The zero-order chi connectivity index (χ0) is 24.9. The second-order valence-corrected chi connectivity index (χ2v) is 9.98. The van der Waals surface area contributed by atoms with Crippen LogP contribution in [0.2, 0.25) is 10.0 Å². The number of benzene rings is 1. The van der Waals surface area contributed by atoms with Crippen LogP contribution in [0, 0.1) is 0 Å². The fraction of sp³-hybridized carbons (Fsp3) is 0.682. The lowest BCUT2D eigenvalue weighted by Crippen LogP contribution is -2.26. The minimum Gasteiger partial charge on any atom is -0.390 e. The first kappa shape index (κ1) is 31.1. The molecule has 10 heteroatoms. The number of hydrogen-bond donors (Lipinski definition) is 3. The van der Waals surface area contributed by atoms with Gasteiger partial charge in [-0.3, -0.25) is 0 Å². The van der Waals surface area contributed by atoms with Gasteiger partial charge in [-0.05, 0) is 44.2 Å². The maximum Gasteiger partial charge on any atom is 0.210 e. The highest BCUT2D eigenvalue weighted by molar-refractivity contribution is 7.88. The molecule has 1 aromatic heterocycles. The van der Waals surface area contributed by atoms with E-state index in [9.17, 15) is 8.42 Å². The Morgan fingerprint density at radius 1 is 1.06 bits per heavy atom. The van der Waals surface area contributed by atoms with E-state index in [1.807, 2.05) is 27.7 Å². The molecule has 2 aromatic rings. The number of H-pyrrole nitrogens is 1. The highest BCUT2D eigenvalue weighted by Crippen LogP contribution is 2.26.